The summed E-state index contributed by atoms with van der Waals surface area (Å²) in [6.07, 6.45) is 0. The Balaban J connectivity index is 2.02. The monoisotopic (exact) mass is 262 g/mol. The molecule has 19 heavy (non-hydrogen) atoms. The number of hydrogen-bond acceptors (Lipinski definition) is 3. The van der Waals surface area contributed by atoms with Gasteiger partial charge in [0.05, 0.1) is 12.2 Å². The molecule has 1 fully saturated rings. The number of benzene rings is 1. The predicted molar refractivity (Wildman–Crippen MR) is 79.3 cm³/mol. The second kappa shape index (κ2) is 5.61. The molecule has 1 aliphatic rings. The predicted octanol–water partition coefficient (Wildman–Crippen LogP) is 2.41. The molecule has 106 valence electrons. The fourth-order valence-electron chi connectivity index (χ4n) is 2.89. The van der Waals surface area contributed by atoms with Crippen LogP contribution in [-0.4, -0.2) is 36.7 Å². The van der Waals surface area contributed by atoms with Gasteiger partial charge in [-0.1, -0.05) is 23.8 Å². The van der Waals surface area contributed by atoms with Crippen LogP contribution in [0.15, 0.2) is 18.2 Å². The number of hydrogen-bond donors (Lipinski definition) is 1. The molecule has 1 unspecified atom stereocenters. The van der Waals surface area contributed by atoms with Crippen LogP contribution in [0.5, 0.6) is 0 Å². The number of aryl methyl sites for hydroxylation is 2. The van der Waals surface area contributed by atoms with Gasteiger partial charge in [-0.15, -0.1) is 0 Å². The fourth-order valence-corrected chi connectivity index (χ4v) is 2.89. The Bertz CT molecular complexity index is 442. The summed E-state index contributed by atoms with van der Waals surface area (Å²) in [6, 6.07) is 6.60. The van der Waals surface area contributed by atoms with Crippen molar-refractivity contribution in [2.45, 2.75) is 39.3 Å². The highest BCUT2D eigenvalue weighted by Gasteiger charge is 2.28. The zero-order valence-electron chi connectivity index (χ0n) is 12.6. The second-order valence-corrected chi connectivity index (χ2v) is 6.31. The van der Waals surface area contributed by atoms with E-state index in [9.17, 15) is 0 Å². The molecule has 1 aromatic carbocycles. The van der Waals surface area contributed by atoms with E-state index in [1.807, 2.05) is 0 Å². The maximum Gasteiger partial charge on any atom is 0.0753 e. The minimum atomic E-state index is -0.0553. The van der Waals surface area contributed by atoms with Crippen molar-refractivity contribution in [2.75, 3.05) is 26.2 Å². The number of nitrogens with two attached hydrogens (primary N) is 1. The van der Waals surface area contributed by atoms with Crippen LogP contribution in [-0.2, 0) is 4.74 Å². The lowest BCUT2D eigenvalue weighted by Gasteiger charge is -2.39. The molecule has 2 N–H and O–H groups in total. The number of ether oxygens (including phenoxy) is 1. The van der Waals surface area contributed by atoms with E-state index in [0.29, 0.717) is 0 Å². The lowest BCUT2D eigenvalue weighted by atomic mass is 9.98. The van der Waals surface area contributed by atoms with Gasteiger partial charge in [-0.2, -0.15) is 0 Å². The maximum atomic E-state index is 6.38. The first kappa shape index (κ1) is 14.5. The highest BCUT2D eigenvalue weighted by atomic mass is 16.5. The molecule has 0 amide bonds. The Morgan fingerprint density at radius 3 is 2.74 bits per heavy atom. The first-order valence-corrected chi connectivity index (χ1v) is 7.06. The highest BCUT2D eigenvalue weighted by molar-refractivity contribution is 5.32. The largest absolute Gasteiger partial charge is 0.373 e. The lowest BCUT2D eigenvalue weighted by molar-refractivity contribution is -0.0870. The van der Waals surface area contributed by atoms with Crippen molar-refractivity contribution in [3.05, 3.63) is 34.9 Å². The first-order chi connectivity index (χ1) is 8.87. The molecule has 0 aliphatic carbocycles. The van der Waals surface area contributed by atoms with Crippen molar-refractivity contribution in [1.82, 2.24) is 4.90 Å². The van der Waals surface area contributed by atoms with Gasteiger partial charge in [0.1, 0.15) is 0 Å². The van der Waals surface area contributed by atoms with Crippen LogP contribution < -0.4 is 5.73 Å². The summed E-state index contributed by atoms with van der Waals surface area (Å²) in [7, 11) is 0. The lowest BCUT2D eigenvalue weighted by Crippen LogP contribution is -2.50. The number of nitrogens with zero attached hydrogens (tertiary/aromatic N) is 1. The Morgan fingerprint density at radius 1 is 1.37 bits per heavy atom. The zero-order chi connectivity index (χ0) is 14.0. The Morgan fingerprint density at radius 2 is 2.11 bits per heavy atom. The van der Waals surface area contributed by atoms with E-state index < -0.39 is 0 Å². The summed E-state index contributed by atoms with van der Waals surface area (Å²) in [4.78, 5) is 2.41. The molecule has 0 aromatic heterocycles. The summed E-state index contributed by atoms with van der Waals surface area (Å²) >= 11 is 0. The standard InChI is InChI=1S/C16H26N2O/c1-12-5-6-14(13(2)9-12)15(17)10-18-7-8-19-16(3,4)11-18/h5-6,9,15H,7-8,10-11,17H2,1-4H3. The molecule has 3 heteroatoms. The van der Waals surface area contributed by atoms with Crippen molar-refractivity contribution in [2.24, 2.45) is 5.73 Å². The van der Waals surface area contributed by atoms with Crippen LogP contribution >= 0.6 is 0 Å². The molecule has 0 bridgehead atoms. The molecule has 1 heterocycles. The smallest absolute Gasteiger partial charge is 0.0753 e. The average Bonchev–Trinajstić information content (AvgIpc) is 2.27. The highest BCUT2D eigenvalue weighted by Crippen LogP contribution is 2.21. The van der Waals surface area contributed by atoms with Crippen LogP contribution in [0.4, 0.5) is 0 Å². The van der Waals surface area contributed by atoms with Gasteiger partial charge < -0.3 is 10.5 Å². The van der Waals surface area contributed by atoms with E-state index in [0.717, 1.165) is 26.2 Å². The Kier molecular flexibility index (Phi) is 4.29. The summed E-state index contributed by atoms with van der Waals surface area (Å²) in [5, 5.41) is 0. The van der Waals surface area contributed by atoms with Crippen LogP contribution in [0, 0.1) is 13.8 Å². The molecule has 2 rings (SSSR count). The topological polar surface area (TPSA) is 38.5 Å². The fraction of sp³-hybridized carbons (Fsp3) is 0.625. The summed E-state index contributed by atoms with van der Waals surface area (Å²) in [6.45, 7) is 12.2. The van der Waals surface area contributed by atoms with E-state index >= 15 is 0 Å². The van der Waals surface area contributed by atoms with Crippen molar-refractivity contribution in [1.29, 1.82) is 0 Å². The third-order valence-electron chi connectivity index (χ3n) is 3.78. The van der Waals surface area contributed by atoms with Gasteiger partial charge in [0.2, 0.25) is 0 Å². The quantitative estimate of drug-likeness (QED) is 0.909. The first-order valence-electron chi connectivity index (χ1n) is 7.06. The van der Waals surface area contributed by atoms with Crippen molar-refractivity contribution in [3.8, 4) is 0 Å². The number of morpholine rings is 1. The van der Waals surface area contributed by atoms with Gasteiger partial charge in [0.15, 0.2) is 0 Å². The summed E-state index contributed by atoms with van der Waals surface area (Å²) in [5.74, 6) is 0. The normalized spacial score (nSPS) is 21.3. The third kappa shape index (κ3) is 3.78. The minimum Gasteiger partial charge on any atom is -0.373 e. The second-order valence-electron chi connectivity index (χ2n) is 6.31. The molecule has 0 spiro atoms. The SMILES string of the molecule is Cc1ccc(C(N)CN2CCOC(C)(C)C2)c(C)c1. The third-order valence-corrected chi connectivity index (χ3v) is 3.78. The molecular weight excluding hydrogens is 236 g/mol. The molecule has 0 saturated carbocycles. The van der Waals surface area contributed by atoms with Gasteiger partial charge in [0, 0.05) is 25.7 Å². The van der Waals surface area contributed by atoms with Crippen LogP contribution in [0.3, 0.4) is 0 Å². The Labute approximate surface area is 116 Å². The molecule has 1 atom stereocenters. The van der Waals surface area contributed by atoms with Crippen molar-refractivity contribution < 1.29 is 4.74 Å². The van der Waals surface area contributed by atoms with E-state index in [4.69, 9.17) is 10.5 Å². The van der Waals surface area contributed by atoms with Gasteiger partial charge in [-0.25, -0.2) is 0 Å². The minimum absolute atomic E-state index is 0.0553. The molecule has 1 aliphatic heterocycles. The van der Waals surface area contributed by atoms with Gasteiger partial charge in [0.25, 0.3) is 0 Å². The van der Waals surface area contributed by atoms with Crippen molar-refractivity contribution in [3.63, 3.8) is 0 Å². The van der Waals surface area contributed by atoms with E-state index in [-0.39, 0.29) is 11.6 Å². The van der Waals surface area contributed by atoms with Crippen LogP contribution in [0.25, 0.3) is 0 Å². The summed E-state index contributed by atoms with van der Waals surface area (Å²) in [5.41, 5.74) is 10.2. The molecule has 1 aromatic rings. The van der Waals surface area contributed by atoms with Crippen molar-refractivity contribution >= 4 is 0 Å². The van der Waals surface area contributed by atoms with Gasteiger partial charge in [-0.3, -0.25) is 4.90 Å². The molecule has 0 radical (unpaired) electrons. The zero-order valence-corrected chi connectivity index (χ0v) is 12.6. The summed E-state index contributed by atoms with van der Waals surface area (Å²) < 4.78 is 5.74. The van der Waals surface area contributed by atoms with Gasteiger partial charge >= 0.3 is 0 Å². The van der Waals surface area contributed by atoms with Gasteiger partial charge in [-0.05, 0) is 38.8 Å². The van der Waals surface area contributed by atoms with E-state index in [2.05, 4.69) is 50.8 Å². The van der Waals surface area contributed by atoms with Crippen LogP contribution in [0.1, 0.15) is 36.6 Å². The molecular formula is C16H26N2O. The molecule has 1 saturated heterocycles. The maximum absolute atomic E-state index is 6.38. The molecule has 3 nitrogen and oxygen atoms in total. The number of rotatable bonds is 3. The van der Waals surface area contributed by atoms with Crippen LogP contribution in [0.2, 0.25) is 0 Å². The van der Waals surface area contributed by atoms with E-state index in [1.165, 1.54) is 16.7 Å². The van der Waals surface area contributed by atoms with E-state index in [1.54, 1.807) is 0 Å². The Hall–Kier alpha value is -0.900. The average molecular weight is 262 g/mol.